The molecule has 1 aromatic heterocycles. The van der Waals surface area contributed by atoms with E-state index in [1.54, 1.807) is 6.26 Å². The minimum atomic E-state index is -0.134. The largest absolute Gasteiger partial charge is 0.466 e. The van der Waals surface area contributed by atoms with Crippen LogP contribution in [0.3, 0.4) is 0 Å². The van der Waals surface area contributed by atoms with Gasteiger partial charge in [0, 0.05) is 6.20 Å². The van der Waals surface area contributed by atoms with Crippen LogP contribution in [0.15, 0.2) is 34.8 Å². The van der Waals surface area contributed by atoms with E-state index in [0.717, 1.165) is 11.5 Å². The Balaban J connectivity index is 2.11. The van der Waals surface area contributed by atoms with Crippen molar-refractivity contribution in [1.82, 2.24) is 5.32 Å². The van der Waals surface area contributed by atoms with Crippen LogP contribution in [0.5, 0.6) is 0 Å². The second-order valence-electron chi connectivity index (χ2n) is 2.43. The van der Waals surface area contributed by atoms with Gasteiger partial charge in [-0.2, -0.15) is 0 Å². The summed E-state index contributed by atoms with van der Waals surface area (Å²) >= 11 is 0. The van der Waals surface area contributed by atoms with Gasteiger partial charge in [0.05, 0.1) is 6.26 Å². The molecule has 58 valence electrons. The SMILES string of the molecule is CC1=CNC(c2ccco2)O1. The van der Waals surface area contributed by atoms with Crippen LogP contribution in [0.25, 0.3) is 0 Å². The molecule has 0 fully saturated rings. The van der Waals surface area contributed by atoms with Gasteiger partial charge in [-0.15, -0.1) is 0 Å². The maximum Gasteiger partial charge on any atom is 0.228 e. The van der Waals surface area contributed by atoms with E-state index in [0.29, 0.717) is 0 Å². The van der Waals surface area contributed by atoms with Crippen molar-refractivity contribution in [3.05, 3.63) is 36.1 Å². The number of rotatable bonds is 1. The van der Waals surface area contributed by atoms with Gasteiger partial charge in [0.2, 0.25) is 6.23 Å². The van der Waals surface area contributed by atoms with E-state index < -0.39 is 0 Å². The zero-order valence-corrected chi connectivity index (χ0v) is 6.20. The first-order valence-electron chi connectivity index (χ1n) is 3.49. The molecule has 0 radical (unpaired) electrons. The van der Waals surface area contributed by atoms with Gasteiger partial charge in [-0.05, 0) is 19.1 Å². The molecule has 1 unspecified atom stereocenters. The molecule has 0 bridgehead atoms. The lowest BCUT2D eigenvalue weighted by Gasteiger charge is -2.07. The Kier molecular flexibility index (Phi) is 1.35. The molecule has 0 saturated carbocycles. The van der Waals surface area contributed by atoms with Crippen molar-refractivity contribution in [2.24, 2.45) is 0 Å². The molecule has 1 aromatic rings. The minimum absolute atomic E-state index is 0.134. The van der Waals surface area contributed by atoms with E-state index in [-0.39, 0.29) is 6.23 Å². The van der Waals surface area contributed by atoms with Crippen molar-refractivity contribution in [2.45, 2.75) is 13.2 Å². The lowest BCUT2D eigenvalue weighted by molar-refractivity contribution is 0.108. The van der Waals surface area contributed by atoms with Crippen LogP contribution in [0.2, 0.25) is 0 Å². The Hall–Kier alpha value is -1.38. The number of hydrogen-bond donors (Lipinski definition) is 1. The number of hydrogen-bond acceptors (Lipinski definition) is 3. The van der Waals surface area contributed by atoms with Crippen molar-refractivity contribution in [1.29, 1.82) is 0 Å². The molecule has 11 heavy (non-hydrogen) atoms. The molecule has 3 heteroatoms. The van der Waals surface area contributed by atoms with Crippen LogP contribution in [0, 0.1) is 0 Å². The molecule has 2 rings (SSSR count). The van der Waals surface area contributed by atoms with Crippen LogP contribution in [-0.4, -0.2) is 0 Å². The molecule has 1 atom stereocenters. The summed E-state index contributed by atoms with van der Waals surface area (Å²) < 4.78 is 10.5. The second kappa shape index (κ2) is 2.34. The summed E-state index contributed by atoms with van der Waals surface area (Å²) in [6.45, 7) is 1.90. The Morgan fingerprint density at radius 3 is 3.00 bits per heavy atom. The summed E-state index contributed by atoms with van der Waals surface area (Å²) in [4.78, 5) is 0. The zero-order valence-electron chi connectivity index (χ0n) is 6.20. The topological polar surface area (TPSA) is 34.4 Å². The lowest BCUT2D eigenvalue weighted by Crippen LogP contribution is -2.09. The Bertz CT molecular complexity index is 264. The molecule has 1 aliphatic heterocycles. The average molecular weight is 151 g/mol. The Labute approximate surface area is 64.7 Å². The third kappa shape index (κ3) is 1.09. The summed E-state index contributed by atoms with van der Waals surface area (Å²) in [6, 6.07) is 3.72. The summed E-state index contributed by atoms with van der Waals surface area (Å²) in [5, 5.41) is 3.03. The van der Waals surface area contributed by atoms with Gasteiger partial charge in [-0.3, -0.25) is 0 Å². The highest BCUT2D eigenvalue weighted by atomic mass is 16.5. The van der Waals surface area contributed by atoms with Crippen molar-refractivity contribution in [3.8, 4) is 0 Å². The standard InChI is InChI=1S/C8H9NO2/c1-6-5-9-8(11-6)7-3-2-4-10-7/h2-5,8-9H,1H3. The summed E-state index contributed by atoms with van der Waals surface area (Å²) in [5.41, 5.74) is 0. The van der Waals surface area contributed by atoms with Gasteiger partial charge in [0.25, 0.3) is 0 Å². The van der Waals surface area contributed by atoms with Crippen molar-refractivity contribution < 1.29 is 9.15 Å². The number of nitrogens with one attached hydrogen (secondary N) is 1. The van der Waals surface area contributed by atoms with Crippen molar-refractivity contribution in [2.75, 3.05) is 0 Å². The van der Waals surface area contributed by atoms with Gasteiger partial charge in [0.1, 0.15) is 5.76 Å². The molecule has 1 aliphatic rings. The smallest absolute Gasteiger partial charge is 0.228 e. The fourth-order valence-corrected chi connectivity index (χ4v) is 1.03. The maximum atomic E-state index is 5.36. The highest BCUT2D eigenvalue weighted by molar-refractivity contribution is 5.07. The first-order valence-corrected chi connectivity index (χ1v) is 3.49. The number of furan rings is 1. The summed E-state index contributed by atoms with van der Waals surface area (Å²) in [7, 11) is 0. The van der Waals surface area contributed by atoms with E-state index in [9.17, 15) is 0 Å². The van der Waals surface area contributed by atoms with E-state index in [4.69, 9.17) is 9.15 Å². The van der Waals surface area contributed by atoms with Crippen LogP contribution < -0.4 is 5.32 Å². The lowest BCUT2D eigenvalue weighted by atomic mass is 10.4. The summed E-state index contributed by atoms with van der Waals surface area (Å²) in [5.74, 6) is 1.68. The first kappa shape index (κ1) is 6.34. The fraction of sp³-hybridized carbons (Fsp3) is 0.250. The van der Waals surface area contributed by atoms with E-state index in [1.807, 2.05) is 25.3 Å². The minimum Gasteiger partial charge on any atom is -0.466 e. The van der Waals surface area contributed by atoms with Crippen molar-refractivity contribution >= 4 is 0 Å². The van der Waals surface area contributed by atoms with Crippen LogP contribution in [0.1, 0.15) is 18.9 Å². The second-order valence-corrected chi connectivity index (χ2v) is 2.43. The highest BCUT2D eigenvalue weighted by Crippen LogP contribution is 2.22. The van der Waals surface area contributed by atoms with Gasteiger partial charge in [-0.1, -0.05) is 0 Å². The van der Waals surface area contributed by atoms with E-state index in [2.05, 4.69) is 5.32 Å². The average Bonchev–Trinajstić information content (AvgIpc) is 2.55. The zero-order chi connectivity index (χ0) is 7.68. The molecule has 0 spiro atoms. The summed E-state index contributed by atoms with van der Waals surface area (Å²) in [6.07, 6.45) is 3.33. The molecule has 0 amide bonds. The third-order valence-corrected chi connectivity index (χ3v) is 1.54. The van der Waals surface area contributed by atoms with Crippen LogP contribution in [0.4, 0.5) is 0 Å². The van der Waals surface area contributed by atoms with E-state index in [1.165, 1.54) is 0 Å². The van der Waals surface area contributed by atoms with Gasteiger partial charge < -0.3 is 14.5 Å². The fourth-order valence-electron chi connectivity index (χ4n) is 1.03. The Morgan fingerprint density at radius 2 is 2.45 bits per heavy atom. The van der Waals surface area contributed by atoms with Gasteiger partial charge >= 0.3 is 0 Å². The monoisotopic (exact) mass is 151 g/mol. The Morgan fingerprint density at radius 1 is 1.55 bits per heavy atom. The quantitative estimate of drug-likeness (QED) is 0.664. The normalized spacial score (nSPS) is 22.3. The predicted octanol–water partition coefficient (Wildman–Crippen LogP) is 1.76. The number of allylic oxidation sites excluding steroid dienone is 1. The molecular weight excluding hydrogens is 142 g/mol. The molecule has 0 aliphatic carbocycles. The van der Waals surface area contributed by atoms with Crippen LogP contribution in [-0.2, 0) is 4.74 Å². The maximum absolute atomic E-state index is 5.36. The highest BCUT2D eigenvalue weighted by Gasteiger charge is 2.18. The van der Waals surface area contributed by atoms with Gasteiger partial charge in [-0.25, -0.2) is 0 Å². The molecular formula is C8H9NO2. The molecule has 0 aromatic carbocycles. The van der Waals surface area contributed by atoms with Gasteiger partial charge in [0.15, 0.2) is 5.76 Å². The first-order chi connectivity index (χ1) is 5.36. The number of ether oxygens (including phenoxy) is 1. The van der Waals surface area contributed by atoms with Crippen molar-refractivity contribution in [3.63, 3.8) is 0 Å². The molecule has 2 heterocycles. The third-order valence-electron chi connectivity index (χ3n) is 1.54. The molecule has 0 saturated heterocycles. The molecule has 3 nitrogen and oxygen atoms in total. The van der Waals surface area contributed by atoms with Crippen LogP contribution >= 0.6 is 0 Å². The predicted molar refractivity (Wildman–Crippen MR) is 39.4 cm³/mol. The molecule has 1 N–H and O–H groups in total. The van der Waals surface area contributed by atoms with E-state index >= 15 is 0 Å².